The Kier molecular flexibility index (Phi) is 6.71. The Morgan fingerprint density at radius 3 is 2.67 bits per heavy atom. The van der Waals surface area contributed by atoms with E-state index in [0.29, 0.717) is 33.0 Å². The van der Waals surface area contributed by atoms with Crippen molar-refractivity contribution in [2.45, 2.75) is 25.9 Å². The molecule has 10 heteroatoms. The maximum Gasteiger partial charge on any atom is 0.234 e. The van der Waals surface area contributed by atoms with E-state index in [0.717, 1.165) is 17.1 Å². The minimum Gasteiger partial charge on any atom is -0.496 e. The van der Waals surface area contributed by atoms with Crippen molar-refractivity contribution in [2.24, 2.45) is 0 Å². The van der Waals surface area contributed by atoms with Crippen molar-refractivity contribution in [3.05, 3.63) is 64.4 Å². The number of nitrogens with one attached hydrogen (secondary N) is 2. The number of hydrogen-bond acceptors (Lipinski definition) is 6. The Morgan fingerprint density at radius 2 is 1.94 bits per heavy atom. The van der Waals surface area contributed by atoms with E-state index in [9.17, 15) is 4.79 Å². The Balaban J connectivity index is 1.43. The topological polar surface area (TPSA) is 97.7 Å². The van der Waals surface area contributed by atoms with Crippen molar-refractivity contribution >= 4 is 35.0 Å². The Hall–Kier alpha value is -3.30. The van der Waals surface area contributed by atoms with Gasteiger partial charge >= 0.3 is 0 Å². The van der Waals surface area contributed by atoms with Gasteiger partial charge < -0.3 is 10.1 Å². The molecule has 0 aliphatic rings. The minimum absolute atomic E-state index is 0.151. The first-order valence-corrected chi connectivity index (χ1v) is 11.5. The summed E-state index contributed by atoms with van der Waals surface area (Å²) in [6.45, 7) is 5.85. The maximum absolute atomic E-state index is 12.6. The fraction of sp³-hybridized carbons (Fsp3) is 0.217. The number of ether oxygens (including phenoxy) is 1. The van der Waals surface area contributed by atoms with Crippen molar-refractivity contribution in [3.63, 3.8) is 0 Å². The summed E-state index contributed by atoms with van der Waals surface area (Å²) >= 11 is 7.33. The fourth-order valence-electron chi connectivity index (χ4n) is 3.36. The molecular formula is C23H23ClN6O2S. The first-order chi connectivity index (χ1) is 15.9. The molecule has 0 fully saturated rings. The van der Waals surface area contributed by atoms with E-state index in [4.69, 9.17) is 16.3 Å². The van der Waals surface area contributed by atoms with E-state index >= 15 is 0 Å². The molecule has 1 amide bonds. The maximum atomic E-state index is 12.6. The van der Waals surface area contributed by atoms with Crippen LogP contribution in [-0.4, -0.2) is 43.7 Å². The SMILES string of the molecule is COc1ccc(Cl)cc1-c1nc(SCC(=O)Nc2c(C)nn(-c3ccc(C)cc3)c2C)n[nH]1. The number of benzene rings is 2. The highest BCUT2D eigenvalue weighted by Crippen LogP contribution is 2.31. The summed E-state index contributed by atoms with van der Waals surface area (Å²) in [5, 5.41) is 15.6. The second-order valence-electron chi connectivity index (χ2n) is 7.44. The molecule has 0 radical (unpaired) electrons. The van der Waals surface area contributed by atoms with E-state index in [1.54, 1.807) is 25.3 Å². The zero-order valence-electron chi connectivity index (χ0n) is 18.6. The van der Waals surface area contributed by atoms with Gasteiger partial charge in [-0.3, -0.25) is 9.89 Å². The van der Waals surface area contributed by atoms with Crippen LogP contribution in [0.1, 0.15) is 17.0 Å². The van der Waals surface area contributed by atoms with Crippen LogP contribution in [0, 0.1) is 20.8 Å². The Labute approximate surface area is 200 Å². The normalized spacial score (nSPS) is 10.9. The lowest BCUT2D eigenvalue weighted by Crippen LogP contribution is -2.15. The predicted molar refractivity (Wildman–Crippen MR) is 131 cm³/mol. The number of anilines is 1. The molecule has 2 heterocycles. The van der Waals surface area contributed by atoms with E-state index in [1.165, 1.54) is 17.3 Å². The summed E-state index contributed by atoms with van der Waals surface area (Å²) in [4.78, 5) is 17.1. The third-order valence-electron chi connectivity index (χ3n) is 5.05. The van der Waals surface area contributed by atoms with Gasteiger partial charge in [0.25, 0.3) is 0 Å². The molecule has 0 unspecified atom stereocenters. The molecule has 0 spiro atoms. The Morgan fingerprint density at radius 1 is 1.18 bits per heavy atom. The molecule has 0 aliphatic carbocycles. The van der Waals surface area contributed by atoms with Crippen LogP contribution in [0.3, 0.4) is 0 Å². The second-order valence-corrected chi connectivity index (χ2v) is 8.82. The molecule has 0 saturated heterocycles. The molecule has 4 rings (SSSR count). The second kappa shape index (κ2) is 9.68. The molecular weight excluding hydrogens is 460 g/mol. The summed E-state index contributed by atoms with van der Waals surface area (Å²) in [6, 6.07) is 13.3. The molecule has 8 nitrogen and oxygen atoms in total. The van der Waals surface area contributed by atoms with Crippen molar-refractivity contribution in [1.29, 1.82) is 0 Å². The molecule has 2 aromatic carbocycles. The number of hydrogen-bond donors (Lipinski definition) is 2. The molecule has 0 atom stereocenters. The van der Waals surface area contributed by atoms with Crippen LogP contribution in [0.2, 0.25) is 5.02 Å². The van der Waals surface area contributed by atoms with Crippen LogP contribution in [0.4, 0.5) is 5.69 Å². The van der Waals surface area contributed by atoms with Crippen LogP contribution >= 0.6 is 23.4 Å². The first-order valence-electron chi connectivity index (χ1n) is 10.2. The third kappa shape index (κ3) is 5.04. The number of H-pyrrole nitrogens is 1. The van der Waals surface area contributed by atoms with Crippen LogP contribution in [0.25, 0.3) is 17.1 Å². The lowest BCUT2D eigenvalue weighted by molar-refractivity contribution is -0.113. The zero-order chi connectivity index (χ0) is 23.5. The van der Waals surface area contributed by atoms with Gasteiger partial charge in [0.15, 0.2) is 5.82 Å². The lowest BCUT2D eigenvalue weighted by atomic mass is 10.2. The highest BCUT2D eigenvalue weighted by Gasteiger charge is 2.17. The summed E-state index contributed by atoms with van der Waals surface area (Å²) in [5.74, 6) is 1.13. The van der Waals surface area contributed by atoms with Gasteiger partial charge in [0.2, 0.25) is 11.1 Å². The molecule has 33 heavy (non-hydrogen) atoms. The molecule has 0 bridgehead atoms. The molecule has 170 valence electrons. The summed E-state index contributed by atoms with van der Waals surface area (Å²) < 4.78 is 7.20. The first kappa shape index (κ1) is 22.9. The minimum atomic E-state index is -0.165. The fourth-order valence-corrected chi connectivity index (χ4v) is 4.13. The zero-order valence-corrected chi connectivity index (χ0v) is 20.2. The molecule has 2 N–H and O–H groups in total. The summed E-state index contributed by atoms with van der Waals surface area (Å²) in [6.07, 6.45) is 0. The van der Waals surface area contributed by atoms with Crippen molar-refractivity contribution in [2.75, 3.05) is 18.2 Å². The monoisotopic (exact) mass is 482 g/mol. The molecule has 0 aliphatic heterocycles. The van der Waals surface area contributed by atoms with E-state index < -0.39 is 0 Å². The molecule has 4 aromatic rings. The standard InChI is InChI=1S/C23H23ClN6O2S/c1-13-5-8-17(9-6-13)30-15(3)21(14(2)29-30)25-20(31)12-33-23-26-22(27-28-23)18-11-16(24)7-10-19(18)32-4/h5-11H,12H2,1-4H3,(H,25,31)(H,26,27,28). The van der Waals surface area contributed by atoms with Gasteiger partial charge in [-0.2, -0.15) is 5.10 Å². The number of aromatic amines is 1. The highest BCUT2D eigenvalue weighted by molar-refractivity contribution is 7.99. The van der Waals surface area contributed by atoms with E-state index in [-0.39, 0.29) is 11.7 Å². The number of halogens is 1. The van der Waals surface area contributed by atoms with Crippen LogP contribution in [-0.2, 0) is 4.79 Å². The van der Waals surface area contributed by atoms with Crippen molar-refractivity contribution < 1.29 is 9.53 Å². The Bertz CT molecular complexity index is 1300. The molecule has 2 aromatic heterocycles. The van der Waals surface area contributed by atoms with Gasteiger partial charge in [0, 0.05) is 5.02 Å². The largest absolute Gasteiger partial charge is 0.496 e. The van der Waals surface area contributed by atoms with Crippen LogP contribution < -0.4 is 10.1 Å². The van der Waals surface area contributed by atoms with Gasteiger partial charge in [0.05, 0.1) is 41.2 Å². The van der Waals surface area contributed by atoms with Gasteiger partial charge in [-0.15, -0.1) is 5.10 Å². The smallest absolute Gasteiger partial charge is 0.234 e. The third-order valence-corrected chi connectivity index (χ3v) is 6.13. The van der Waals surface area contributed by atoms with Gasteiger partial charge in [-0.25, -0.2) is 9.67 Å². The number of amides is 1. The number of rotatable bonds is 7. The van der Waals surface area contributed by atoms with E-state index in [1.807, 2.05) is 49.7 Å². The number of carbonyl (C=O) groups excluding carboxylic acids is 1. The van der Waals surface area contributed by atoms with E-state index in [2.05, 4.69) is 25.6 Å². The van der Waals surface area contributed by atoms with Crippen molar-refractivity contribution in [1.82, 2.24) is 25.0 Å². The van der Waals surface area contributed by atoms with Gasteiger partial charge in [-0.05, 0) is 51.1 Å². The summed E-state index contributed by atoms with van der Waals surface area (Å²) in [7, 11) is 1.58. The summed E-state index contributed by atoms with van der Waals surface area (Å²) in [5.41, 5.74) is 5.14. The highest BCUT2D eigenvalue weighted by atomic mass is 35.5. The number of nitrogens with zero attached hydrogens (tertiary/aromatic N) is 4. The number of methoxy groups -OCH3 is 1. The van der Waals surface area contributed by atoms with Gasteiger partial charge in [0.1, 0.15) is 5.75 Å². The number of aryl methyl sites for hydroxylation is 2. The predicted octanol–water partition coefficient (Wildman–Crippen LogP) is 4.98. The number of thioether (sulfide) groups is 1. The van der Waals surface area contributed by atoms with Gasteiger partial charge in [-0.1, -0.05) is 41.1 Å². The van der Waals surface area contributed by atoms with Crippen LogP contribution in [0.15, 0.2) is 47.6 Å². The lowest BCUT2D eigenvalue weighted by Gasteiger charge is -2.07. The molecule has 0 saturated carbocycles. The van der Waals surface area contributed by atoms with Crippen LogP contribution in [0.5, 0.6) is 5.75 Å². The average Bonchev–Trinajstić information content (AvgIpc) is 3.38. The average molecular weight is 483 g/mol. The van der Waals surface area contributed by atoms with Crippen molar-refractivity contribution in [3.8, 4) is 22.8 Å². The number of aromatic nitrogens is 5. The quantitative estimate of drug-likeness (QED) is 0.361. The number of carbonyl (C=O) groups is 1.